The highest BCUT2D eigenvalue weighted by Crippen LogP contribution is 2.33. The van der Waals surface area contributed by atoms with Crippen LogP contribution in [0.25, 0.3) is 0 Å². The molecule has 7 nitrogen and oxygen atoms in total. The first kappa shape index (κ1) is 23.0. The minimum absolute atomic E-state index is 0.110. The molecule has 0 unspecified atom stereocenters. The Morgan fingerprint density at radius 3 is 2.34 bits per heavy atom. The van der Waals surface area contributed by atoms with Gasteiger partial charge in [0.25, 0.3) is 5.91 Å². The topological polar surface area (TPSA) is 87.7 Å². The molecule has 0 aliphatic rings. The van der Waals surface area contributed by atoms with Crippen LogP contribution in [0, 0.1) is 0 Å². The van der Waals surface area contributed by atoms with Crippen molar-refractivity contribution in [3.05, 3.63) is 47.0 Å². The predicted molar refractivity (Wildman–Crippen MR) is 117 cm³/mol. The summed E-state index contributed by atoms with van der Waals surface area (Å²) in [5.74, 6) is -0.319. The molecule has 2 aromatic rings. The van der Waals surface area contributed by atoms with Gasteiger partial charge in [0.15, 0.2) is 0 Å². The Kier molecular flexibility index (Phi) is 6.82. The van der Waals surface area contributed by atoms with Gasteiger partial charge in [-0.3, -0.25) is 4.79 Å². The molecule has 2 N–H and O–H groups in total. The predicted octanol–water partition coefficient (Wildman–Crippen LogP) is 3.74. The van der Waals surface area contributed by atoms with E-state index < -0.39 is 21.5 Å². The Labute approximate surface area is 177 Å². The number of nitrogens with one attached hydrogen (secondary N) is 2. The van der Waals surface area contributed by atoms with Gasteiger partial charge in [0.1, 0.15) is 10.6 Å². The average Bonchev–Trinajstić information content (AvgIpc) is 2.58. The zero-order valence-corrected chi connectivity index (χ0v) is 18.9. The van der Waals surface area contributed by atoms with Crippen LogP contribution in [0.2, 0.25) is 5.02 Å². The number of rotatable bonds is 6. The highest BCUT2D eigenvalue weighted by molar-refractivity contribution is 7.89. The number of methoxy groups -OCH3 is 1. The van der Waals surface area contributed by atoms with Crippen LogP contribution in [0.1, 0.15) is 31.1 Å². The monoisotopic (exact) mass is 439 g/mol. The summed E-state index contributed by atoms with van der Waals surface area (Å²) in [5.41, 5.74) is 0.646. The maximum Gasteiger partial charge on any atom is 0.255 e. The molecular weight excluding hydrogens is 414 g/mol. The van der Waals surface area contributed by atoms with Gasteiger partial charge < -0.3 is 15.0 Å². The van der Waals surface area contributed by atoms with Gasteiger partial charge in [0.05, 0.1) is 23.5 Å². The number of carbonyl (C=O) groups is 1. The van der Waals surface area contributed by atoms with Crippen LogP contribution in [0.5, 0.6) is 5.75 Å². The Morgan fingerprint density at radius 1 is 1.14 bits per heavy atom. The molecule has 0 aromatic heterocycles. The third kappa shape index (κ3) is 5.62. The molecule has 0 aliphatic carbocycles. The van der Waals surface area contributed by atoms with Crippen LogP contribution in [0.15, 0.2) is 41.3 Å². The molecule has 0 bridgehead atoms. The summed E-state index contributed by atoms with van der Waals surface area (Å²) < 4.78 is 33.4. The molecule has 29 heavy (non-hydrogen) atoms. The van der Waals surface area contributed by atoms with Crippen molar-refractivity contribution in [1.82, 2.24) is 4.72 Å². The van der Waals surface area contributed by atoms with Crippen molar-refractivity contribution >= 4 is 38.9 Å². The lowest BCUT2D eigenvalue weighted by molar-refractivity contribution is 0.102. The molecule has 0 heterocycles. The Bertz CT molecular complexity index is 1010. The van der Waals surface area contributed by atoms with Gasteiger partial charge >= 0.3 is 0 Å². The van der Waals surface area contributed by atoms with Crippen LogP contribution >= 0.6 is 11.6 Å². The molecule has 0 saturated heterocycles. The molecule has 0 fully saturated rings. The Morgan fingerprint density at radius 2 is 1.79 bits per heavy atom. The second-order valence-corrected chi connectivity index (χ2v) is 9.76. The quantitative estimate of drug-likeness (QED) is 0.715. The van der Waals surface area contributed by atoms with E-state index in [1.807, 2.05) is 14.1 Å². The van der Waals surface area contributed by atoms with Gasteiger partial charge in [-0.2, -0.15) is 0 Å². The van der Waals surface area contributed by atoms with Gasteiger partial charge in [0, 0.05) is 25.2 Å². The zero-order chi connectivity index (χ0) is 22.0. The maximum atomic E-state index is 12.8. The van der Waals surface area contributed by atoms with Gasteiger partial charge in [0.2, 0.25) is 10.0 Å². The van der Waals surface area contributed by atoms with Gasteiger partial charge in [-0.15, -0.1) is 0 Å². The molecule has 0 saturated carbocycles. The molecule has 2 aromatic carbocycles. The minimum Gasteiger partial charge on any atom is -0.495 e. The molecule has 0 aliphatic heterocycles. The summed E-state index contributed by atoms with van der Waals surface area (Å²) in [5, 5.41) is 3.28. The standard InChI is InChI=1S/C20H26ClN3O4S/c1-20(2,3)23-29(26,27)17-12-13(10-11-16(17)28-6)19(25)22-15-9-7-8-14(21)18(15)24(4)5/h7-12,23H,1-6H3,(H,22,25). The van der Waals surface area contributed by atoms with Gasteiger partial charge in [-0.05, 0) is 51.1 Å². The highest BCUT2D eigenvalue weighted by Gasteiger charge is 2.26. The van der Waals surface area contributed by atoms with E-state index in [-0.39, 0.29) is 16.2 Å². The third-order valence-electron chi connectivity index (χ3n) is 3.84. The summed E-state index contributed by atoms with van der Waals surface area (Å²) in [6.07, 6.45) is 0. The largest absolute Gasteiger partial charge is 0.495 e. The van der Waals surface area contributed by atoms with E-state index >= 15 is 0 Å². The molecular formula is C20H26ClN3O4S. The van der Waals surface area contributed by atoms with Crippen molar-refractivity contribution in [2.75, 3.05) is 31.4 Å². The van der Waals surface area contributed by atoms with Crippen LogP contribution in [0.4, 0.5) is 11.4 Å². The highest BCUT2D eigenvalue weighted by atomic mass is 35.5. The maximum absolute atomic E-state index is 12.8. The lowest BCUT2D eigenvalue weighted by Gasteiger charge is -2.22. The summed E-state index contributed by atoms with van der Waals surface area (Å²) in [7, 11) is 1.10. The smallest absolute Gasteiger partial charge is 0.255 e. The molecule has 0 spiro atoms. The van der Waals surface area contributed by atoms with E-state index in [2.05, 4.69) is 10.0 Å². The fourth-order valence-corrected chi connectivity index (χ4v) is 4.71. The first-order valence-corrected chi connectivity index (χ1v) is 10.7. The van der Waals surface area contributed by atoms with Crippen molar-refractivity contribution < 1.29 is 17.9 Å². The number of nitrogens with zero attached hydrogens (tertiary/aromatic N) is 1. The lowest BCUT2D eigenvalue weighted by Crippen LogP contribution is -2.40. The van der Waals surface area contributed by atoms with Crippen molar-refractivity contribution in [2.24, 2.45) is 0 Å². The first-order chi connectivity index (χ1) is 13.4. The normalized spacial score (nSPS) is 11.8. The summed E-state index contributed by atoms with van der Waals surface area (Å²) >= 11 is 6.24. The number of hydrogen-bond acceptors (Lipinski definition) is 5. The molecule has 2 rings (SSSR count). The number of halogens is 1. The molecule has 0 radical (unpaired) electrons. The Balaban J connectivity index is 2.45. The second-order valence-electron chi connectivity index (χ2n) is 7.71. The molecule has 158 valence electrons. The van der Waals surface area contributed by atoms with E-state index in [9.17, 15) is 13.2 Å². The van der Waals surface area contributed by atoms with E-state index in [1.54, 1.807) is 43.9 Å². The van der Waals surface area contributed by atoms with Crippen molar-refractivity contribution in [1.29, 1.82) is 0 Å². The average molecular weight is 440 g/mol. The molecule has 9 heteroatoms. The Hall–Kier alpha value is -2.29. The van der Waals surface area contributed by atoms with E-state index in [1.165, 1.54) is 25.3 Å². The van der Waals surface area contributed by atoms with E-state index in [0.29, 0.717) is 16.4 Å². The summed E-state index contributed by atoms with van der Waals surface area (Å²) in [6, 6.07) is 9.43. The number of amides is 1. The van der Waals surface area contributed by atoms with E-state index in [0.717, 1.165) is 0 Å². The number of benzene rings is 2. The SMILES string of the molecule is COc1ccc(C(=O)Nc2cccc(Cl)c2N(C)C)cc1S(=O)(=O)NC(C)(C)C. The van der Waals surface area contributed by atoms with Crippen LogP contribution < -0.4 is 19.7 Å². The number of sulfonamides is 1. The molecule has 0 atom stereocenters. The fourth-order valence-electron chi connectivity index (χ4n) is 2.75. The number of anilines is 2. The number of ether oxygens (including phenoxy) is 1. The summed E-state index contributed by atoms with van der Waals surface area (Å²) in [6.45, 7) is 5.19. The van der Waals surface area contributed by atoms with E-state index in [4.69, 9.17) is 16.3 Å². The van der Waals surface area contributed by atoms with Crippen LogP contribution in [-0.4, -0.2) is 41.1 Å². The van der Waals surface area contributed by atoms with Crippen LogP contribution in [0.3, 0.4) is 0 Å². The number of hydrogen-bond donors (Lipinski definition) is 2. The van der Waals surface area contributed by atoms with Crippen LogP contribution in [-0.2, 0) is 10.0 Å². The van der Waals surface area contributed by atoms with Crippen molar-refractivity contribution in [2.45, 2.75) is 31.2 Å². The molecule has 1 amide bonds. The second kappa shape index (κ2) is 8.61. The summed E-state index contributed by atoms with van der Waals surface area (Å²) in [4.78, 5) is 14.5. The van der Waals surface area contributed by atoms with Gasteiger partial charge in [-0.25, -0.2) is 13.1 Å². The number of para-hydroxylation sites is 1. The third-order valence-corrected chi connectivity index (χ3v) is 5.92. The van der Waals surface area contributed by atoms with Gasteiger partial charge in [-0.1, -0.05) is 17.7 Å². The lowest BCUT2D eigenvalue weighted by atomic mass is 10.1. The minimum atomic E-state index is -3.90. The van der Waals surface area contributed by atoms with Crippen molar-refractivity contribution in [3.63, 3.8) is 0 Å². The number of carbonyl (C=O) groups excluding carboxylic acids is 1. The zero-order valence-electron chi connectivity index (χ0n) is 17.3. The first-order valence-electron chi connectivity index (χ1n) is 8.85. The van der Waals surface area contributed by atoms with Crippen molar-refractivity contribution in [3.8, 4) is 5.75 Å². The fraction of sp³-hybridized carbons (Fsp3) is 0.350.